The van der Waals surface area contributed by atoms with E-state index in [0.29, 0.717) is 5.56 Å². The second-order valence-corrected chi connectivity index (χ2v) is 3.88. The van der Waals surface area contributed by atoms with Crippen LogP contribution in [-0.2, 0) is 4.79 Å². The number of nitrogens with two attached hydrogens (primary N) is 1. The predicted octanol–water partition coefficient (Wildman–Crippen LogP) is 0.640. The van der Waals surface area contributed by atoms with Crippen LogP contribution in [-0.4, -0.2) is 24.9 Å². The van der Waals surface area contributed by atoms with Crippen molar-refractivity contribution in [2.75, 3.05) is 12.4 Å². The Kier molecular flexibility index (Phi) is 4.09. The summed E-state index contributed by atoms with van der Waals surface area (Å²) in [6.45, 7) is 3.45. The Labute approximate surface area is 100 Å². The Morgan fingerprint density at radius 2 is 2.00 bits per heavy atom. The number of hydrogen-bond acceptors (Lipinski definition) is 3. The molecule has 4 N–H and O–H groups in total. The maximum atomic E-state index is 11.8. The average molecular weight is 235 g/mol. The smallest absolute Gasteiger partial charge is 0.251 e. The van der Waals surface area contributed by atoms with Crippen LogP contribution in [0, 0.1) is 6.92 Å². The van der Waals surface area contributed by atoms with Gasteiger partial charge < -0.3 is 16.4 Å². The fourth-order valence-corrected chi connectivity index (χ4v) is 1.44. The summed E-state index contributed by atoms with van der Waals surface area (Å²) in [6, 6.07) is 4.60. The lowest BCUT2D eigenvalue weighted by Gasteiger charge is -2.11. The molecule has 5 nitrogen and oxygen atoms in total. The standard InChI is InChI=1S/C12H17N3O2/c1-7-6-9(4-5-10(7)14-3)12(17)15-8(2)11(13)16/h4-6,8,14H,1-3H3,(H2,13,16)(H,15,17). The quantitative estimate of drug-likeness (QED) is 0.716. The molecule has 0 fully saturated rings. The summed E-state index contributed by atoms with van der Waals surface area (Å²) in [6.07, 6.45) is 0. The third-order valence-corrected chi connectivity index (χ3v) is 2.53. The van der Waals surface area contributed by atoms with Crippen molar-refractivity contribution in [2.45, 2.75) is 19.9 Å². The number of nitrogens with one attached hydrogen (secondary N) is 2. The normalized spacial score (nSPS) is 11.7. The highest BCUT2D eigenvalue weighted by Crippen LogP contribution is 2.15. The van der Waals surface area contributed by atoms with Crippen molar-refractivity contribution in [1.82, 2.24) is 5.32 Å². The van der Waals surface area contributed by atoms with Crippen molar-refractivity contribution < 1.29 is 9.59 Å². The second kappa shape index (κ2) is 5.34. The van der Waals surface area contributed by atoms with E-state index in [-0.39, 0.29) is 5.91 Å². The number of amides is 2. The Balaban J connectivity index is 2.83. The van der Waals surface area contributed by atoms with Crippen LogP contribution >= 0.6 is 0 Å². The molecule has 5 heteroatoms. The summed E-state index contributed by atoms with van der Waals surface area (Å²) in [7, 11) is 1.82. The molecule has 1 atom stereocenters. The first kappa shape index (κ1) is 13.0. The molecule has 1 unspecified atom stereocenters. The van der Waals surface area contributed by atoms with E-state index in [0.717, 1.165) is 11.3 Å². The largest absolute Gasteiger partial charge is 0.388 e. The maximum Gasteiger partial charge on any atom is 0.251 e. The zero-order chi connectivity index (χ0) is 13.0. The fourth-order valence-electron chi connectivity index (χ4n) is 1.44. The van der Waals surface area contributed by atoms with Crippen LogP contribution in [0.3, 0.4) is 0 Å². The molecule has 0 bridgehead atoms. The van der Waals surface area contributed by atoms with Crippen LogP contribution in [0.15, 0.2) is 18.2 Å². The van der Waals surface area contributed by atoms with E-state index < -0.39 is 11.9 Å². The van der Waals surface area contributed by atoms with Crippen molar-refractivity contribution in [2.24, 2.45) is 5.73 Å². The Bertz CT molecular complexity index is 443. The zero-order valence-electron chi connectivity index (χ0n) is 10.2. The first-order valence-electron chi connectivity index (χ1n) is 5.34. The number of anilines is 1. The van der Waals surface area contributed by atoms with Gasteiger partial charge in [-0.1, -0.05) is 0 Å². The van der Waals surface area contributed by atoms with Gasteiger partial charge in [0.05, 0.1) is 0 Å². The van der Waals surface area contributed by atoms with Gasteiger partial charge in [-0.2, -0.15) is 0 Å². The number of hydrogen-bond donors (Lipinski definition) is 3. The van der Waals surface area contributed by atoms with E-state index in [9.17, 15) is 9.59 Å². The molecule has 0 heterocycles. The predicted molar refractivity (Wildman–Crippen MR) is 66.8 cm³/mol. The Hall–Kier alpha value is -2.04. The van der Waals surface area contributed by atoms with Crippen molar-refractivity contribution >= 4 is 17.5 Å². The van der Waals surface area contributed by atoms with Gasteiger partial charge >= 0.3 is 0 Å². The molecule has 1 aromatic carbocycles. The molecule has 0 saturated carbocycles. The molecule has 2 amide bonds. The third-order valence-electron chi connectivity index (χ3n) is 2.53. The molecule has 92 valence electrons. The van der Waals surface area contributed by atoms with Crippen molar-refractivity contribution in [3.05, 3.63) is 29.3 Å². The van der Waals surface area contributed by atoms with E-state index in [4.69, 9.17) is 5.73 Å². The van der Waals surface area contributed by atoms with Gasteiger partial charge in [0.25, 0.3) is 5.91 Å². The summed E-state index contributed by atoms with van der Waals surface area (Å²) in [5, 5.41) is 5.54. The minimum absolute atomic E-state index is 0.304. The van der Waals surface area contributed by atoms with Gasteiger partial charge in [0, 0.05) is 18.3 Å². The average Bonchev–Trinajstić information content (AvgIpc) is 2.28. The topological polar surface area (TPSA) is 84.2 Å². The maximum absolute atomic E-state index is 11.8. The highest BCUT2D eigenvalue weighted by atomic mass is 16.2. The lowest BCUT2D eigenvalue weighted by Crippen LogP contribution is -2.42. The van der Waals surface area contributed by atoms with Crippen LogP contribution in [0.25, 0.3) is 0 Å². The molecular formula is C12H17N3O2. The second-order valence-electron chi connectivity index (χ2n) is 3.88. The Morgan fingerprint density at radius 3 is 2.47 bits per heavy atom. The molecule has 0 aliphatic heterocycles. The number of carbonyl (C=O) groups is 2. The molecule has 0 spiro atoms. The monoisotopic (exact) mass is 235 g/mol. The number of rotatable bonds is 4. The third kappa shape index (κ3) is 3.21. The van der Waals surface area contributed by atoms with E-state index in [2.05, 4.69) is 10.6 Å². The van der Waals surface area contributed by atoms with Crippen LogP contribution < -0.4 is 16.4 Å². The summed E-state index contributed by atoms with van der Waals surface area (Å²) in [4.78, 5) is 22.6. The highest BCUT2D eigenvalue weighted by Gasteiger charge is 2.14. The first-order valence-corrected chi connectivity index (χ1v) is 5.34. The fraction of sp³-hybridized carbons (Fsp3) is 0.333. The molecule has 0 aliphatic carbocycles. The number of carbonyl (C=O) groups excluding carboxylic acids is 2. The van der Waals surface area contributed by atoms with E-state index in [1.54, 1.807) is 19.1 Å². The van der Waals surface area contributed by atoms with Gasteiger partial charge in [0.2, 0.25) is 5.91 Å². The van der Waals surface area contributed by atoms with Gasteiger partial charge in [-0.15, -0.1) is 0 Å². The van der Waals surface area contributed by atoms with E-state index in [1.807, 2.05) is 20.0 Å². The molecule has 0 aromatic heterocycles. The van der Waals surface area contributed by atoms with Crippen LogP contribution in [0.5, 0.6) is 0 Å². The van der Waals surface area contributed by atoms with Gasteiger partial charge in [-0.05, 0) is 37.6 Å². The summed E-state index contributed by atoms with van der Waals surface area (Å²) >= 11 is 0. The molecule has 1 aromatic rings. The highest BCUT2D eigenvalue weighted by molar-refractivity contribution is 5.97. The Morgan fingerprint density at radius 1 is 1.35 bits per heavy atom. The summed E-state index contributed by atoms with van der Waals surface area (Å²) in [5.74, 6) is -0.857. The van der Waals surface area contributed by atoms with Gasteiger partial charge in [0.15, 0.2) is 0 Å². The molecular weight excluding hydrogens is 218 g/mol. The minimum Gasteiger partial charge on any atom is -0.388 e. The lowest BCUT2D eigenvalue weighted by molar-refractivity contribution is -0.119. The SMILES string of the molecule is CNc1ccc(C(=O)NC(C)C(N)=O)cc1C. The number of primary amides is 1. The molecule has 0 saturated heterocycles. The lowest BCUT2D eigenvalue weighted by atomic mass is 10.1. The van der Waals surface area contributed by atoms with E-state index in [1.165, 1.54) is 0 Å². The van der Waals surface area contributed by atoms with Crippen LogP contribution in [0.4, 0.5) is 5.69 Å². The molecule has 0 aliphatic rings. The molecule has 1 rings (SSSR count). The van der Waals surface area contributed by atoms with Gasteiger partial charge in [-0.25, -0.2) is 0 Å². The molecule has 0 radical (unpaired) electrons. The van der Waals surface area contributed by atoms with Crippen LogP contribution in [0.2, 0.25) is 0 Å². The molecule has 17 heavy (non-hydrogen) atoms. The van der Waals surface area contributed by atoms with Crippen molar-refractivity contribution in [3.8, 4) is 0 Å². The number of aryl methyl sites for hydroxylation is 1. The summed E-state index contributed by atoms with van der Waals surface area (Å²) in [5.41, 5.74) is 7.51. The summed E-state index contributed by atoms with van der Waals surface area (Å²) < 4.78 is 0. The van der Waals surface area contributed by atoms with Crippen LogP contribution in [0.1, 0.15) is 22.8 Å². The van der Waals surface area contributed by atoms with Crippen molar-refractivity contribution in [1.29, 1.82) is 0 Å². The first-order chi connectivity index (χ1) is 7.95. The number of benzene rings is 1. The van der Waals surface area contributed by atoms with Crippen molar-refractivity contribution in [3.63, 3.8) is 0 Å². The minimum atomic E-state index is -0.674. The van der Waals surface area contributed by atoms with Gasteiger partial charge in [-0.3, -0.25) is 9.59 Å². The van der Waals surface area contributed by atoms with Gasteiger partial charge in [0.1, 0.15) is 6.04 Å². The zero-order valence-corrected chi connectivity index (χ0v) is 10.2. The van der Waals surface area contributed by atoms with E-state index >= 15 is 0 Å².